The van der Waals surface area contributed by atoms with Crippen molar-refractivity contribution < 1.29 is 14.3 Å². The molecule has 3 aliphatic heterocycles. The number of piperazine rings is 1. The monoisotopic (exact) mass is 400 g/mol. The summed E-state index contributed by atoms with van der Waals surface area (Å²) in [4.78, 5) is 34.0. The molecule has 0 unspecified atom stereocenters. The molecule has 0 radical (unpaired) electrons. The molecule has 29 heavy (non-hydrogen) atoms. The second kappa shape index (κ2) is 9.13. The average Bonchev–Trinajstić information content (AvgIpc) is 2.74. The Kier molecular flexibility index (Phi) is 6.35. The van der Waals surface area contributed by atoms with Crippen molar-refractivity contribution in [2.75, 3.05) is 77.0 Å². The van der Waals surface area contributed by atoms with Gasteiger partial charge in [0.05, 0.1) is 19.1 Å². The molecule has 0 aliphatic carbocycles. The Morgan fingerprint density at radius 1 is 0.966 bits per heavy atom. The van der Waals surface area contributed by atoms with Crippen molar-refractivity contribution >= 4 is 17.5 Å². The van der Waals surface area contributed by atoms with Crippen LogP contribution in [0.5, 0.6) is 0 Å². The van der Waals surface area contributed by atoms with Gasteiger partial charge < -0.3 is 19.4 Å². The van der Waals surface area contributed by atoms with Gasteiger partial charge in [-0.2, -0.15) is 0 Å². The zero-order valence-corrected chi connectivity index (χ0v) is 17.3. The lowest BCUT2D eigenvalue weighted by Gasteiger charge is -2.44. The van der Waals surface area contributed by atoms with Gasteiger partial charge >= 0.3 is 0 Å². The lowest BCUT2D eigenvalue weighted by atomic mass is 9.95. The summed E-state index contributed by atoms with van der Waals surface area (Å²) in [6, 6.07) is 10.4. The number of likely N-dealkylation sites (tertiary alicyclic amines) is 1. The molecule has 3 fully saturated rings. The Morgan fingerprint density at radius 2 is 1.62 bits per heavy atom. The zero-order chi connectivity index (χ0) is 20.2. The summed E-state index contributed by atoms with van der Waals surface area (Å²) in [5.41, 5.74) is 1.22. The second-order valence-electron chi connectivity index (χ2n) is 8.40. The number of rotatable bonds is 5. The van der Waals surface area contributed by atoms with Gasteiger partial charge in [-0.15, -0.1) is 0 Å². The van der Waals surface area contributed by atoms with Crippen molar-refractivity contribution in [3.05, 3.63) is 30.3 Å². The highest BCUT2D eigenvalue weighted by molar-refractivity contribution is 5.85. The molecule has 2 amide bonds. The summed E-state index contributed by atoms with van der Waals surface area (Å²) in [5, 5.41) is 0. The van der Waals surface area contributed by atoms with Crippen LogP contribution in [-0.4, -0.2) is 98.6 Å². The van der Waals surface area contributed by atoms with Crippen LogP contribution < -0.4 is 4.90 Å². The molecule has 1 atom stereocenters. The van der Waals surface area contributed by atoms with Crippen molar-refractivity contribution in [3.8, 4) is 0 Å². The molecule has 0 N–H and O–H groups in total. The quantitative estimate of drug-likeness (QED) is 0.731. The van der Waals surface area contributed by atoms with Crippen molar-refractivity contribution in [1.82, 2.24) is 14.7 Å². The summed E-state index contributed by atoms with van der Waals surface area (Å²) in [6.45, 7) is 10.4. The molecule has 3 heterocycles. The van der Waals surface area contributed by atoms with Gasteiger partial charge in [-0.1, -0.05) is 25.1 Å². The number of anilines is 1. The van der Waals surface area contributed by atoms with Crippen LogP contribution in [0.3, 0.4) is 0 Å². The number of nitrogens with zero attached hydrogens (tertiary/aromatic N) is 4. The molecule has 1 aromatic carbocycles. The van der Waals surface area contributed by atoms with Gasteiger partial charge in [0.1, 0.15) is 0 Å². The van der Waals surface area contributed by atoms with E-state index in [1.807, 2.05) is 34.9 Å². The van der Waals surface area contributed by atoms with E-state index >= 15 is 0 Å². The van der Waals surface area contributed by atoms with Gasteiger partial charge in [-0.05, 0) is 12.1 Å². The summed E-state index contributed by atoms with van der Waals surface area (Å²) in [5.74, 6) is 0.327. The lowest BCUT2D eigenvalue weighted by Crippen LogP contribution is -2.60. The van der Waals surface area contributed by atoms with E-state index < -0.39 is 0 Å². The first kappa shape index (κ1) is 20.2. The molecule has 0 bridgehead atoms. The Balaban J connectivity index is 1.19. The number of benzene rings is 1. The molecule has 0 aromatic heterocycles. The van der Waals surface area contributed by atoms with Crippen LogP contribution in [0.2, 0.25) is 0 Å². The normalized spacial score (nSPS) is 22.3. The SMILES string of the molecule is C[C@H](CN1CCOCC1)C(=O)N1CC(C(=O)N2CCN(c3ccccc3)CC2)C1. The fraction of sp³-hybridized carbons (Fsp3) is 0.636. The standard InChI is InChI=1S/C22H32N4O3/c1-18(15-23-11-13-29-14-12-23)21(27)26-16-19(17-26)22(28)25-9-7-24(8-10-25)20-5-3-2-4-6-20/h2-6,18-19H,7-17H2,1H3/t18-/m1/s1. The van der Waals surface area contributed by atoms with Crippen molar-refractivity contribution in [3.63, 3.8) is 0 Å². The van der Waals surface area contributed by atoms with Gasteiger partial charge in [0.2, 0.25) is 11.8 Å². The highest BCUT2D eigenvalue weighted by atomic mass is 16.5. The van der Waals surface area contributed by atoms with Crippen LogP contribution in [0.4, 0.5) is 5.69 Å². The molecule has 3 aliphatic rings. The molecular formula is C22H32N4O3. The predicted octanol–water partition coefficient (Wildman–Crippen LogP) is 0.762. The maximum absolute atomic E-state index is 12.8. The van der Waals surface area contributed by atoms with Gasteiger partial charge in [0.25, 0.3) is 0 Å². The fourth-order valence-corrected chi connectivity index (χ4v) is 4.46. The largest absolute Gasteiger partial charge is 0.379 e. The Bertz CT molecular complexity index is 693. The molecule has 1 aromatic rings. The molecular weight excluding hydrogens is 368 g/mol. The number of carbonyl (C=O) groups excluding carboxylic acids is 2. The molecule has 0 spiro atoms. The minimum absolute atomic E-state index is 0.0291. The number of hydrogen-bond donors (Lipinski definition) is 0. The first-order valence-corrected chi connectivity index (χ1v) is 10.8. The number of carbonyl (C=O) groups is 2. The minimum atomic E-state index is -0.0298. The fourth-order valence-electron chi connectivity index (χ4n) is 4.46. The predicted molar refractivity (Wildman–Crippen MR) is 112 cm³/mol. The van der Waals surface area contributed by atoms with Gasteiger partial charge in [-0.3, -0.25) is 14.5 Å². The van der Waals surface area contributed by atoms with E-state index in [1.54, 1.807) is 0 Å². The first-order chi connectivity index (χ1) is 14.1. The molecule has 7 nitrogen and oxygen atoms in total. The second-order valence-corrected chi connectivity index (χ2v) is 8.40. The van der Waals surface area contributed by atoms with Crippen LogP contribution in [0.15, 0.2) is 30.3 Å². The highest BCUT2D eigenvalue weighted by Crippen LogP contribution is 2.23. The molecule has 3 saturated heterocycles. The van der Waals surface area contributed by atoms with E-state index in [9.17, 15) is 9.59 Å². The smallest absolute Gasteiger partial charge is 0.229 e. The molecule has 0 saturated carbocycles. The Labute approximate surface area is 173 Å². The number of morpholine rings is 1. The minimum Gasteiger partial charge on any atom is -0.379 e. The molecule has 158 valence electrons. The van der Waals surface area contributed by atoms with Crippen molar-refractivity contribution in [1.29, 1.82) is 0 Å². The maximum atomic E-state index is 12.8. The summed E-state index contributed by atoms with van der Waals surface area (Å²) < 4.78 is 5.37. The molecule has 7 heteroatoms. The highest BCUT2D eigenvalue weighted by Gasteiger charge is 2.39. The number of amides is 2. The summed E-state index contributed by atoms with van der Waals surface area (Å²) in [6.07, 6.45) is 0. The van der Waals surface area contributed by atoms with Crippen molar-refractivity contribution in [2.24, 2.45) is 11.8 Å². The van der Waals surface area contributed by atoms with E-state index in [0.717, 1.165) is 59.0 Å². The Hall–Kier alpha value is -2.12. The zero-order valence-electron chi connectivity index (χ0n) is 17.3. The van der Waals surface area contributed by atoms with E-state index in [0.29, 0.717) is 13.1 Å². The lowest BCUT2D eigenvalue weighted by molar-refractivity contribution is -0.151. The topological polar surface area (TPSA) is 56.3 Å². The van der Waals surface area contributed by atoms with Crippen LogP contribution in [0, 0.1) is 11.8 Å². The number of ether oxygens (including phenoxy) is 1. The third-order valence-electron chi connectivity index (χ3n) is 6.31. The van der Waals surface area contributed by atoms with Crippen LogP contribution in [0.25, 0.3) is 0 Å². The molecule has 4 rings (SSSR count). The van der Waals surface area contributed by atoms with Gasteiger partial charge in [0.15, 0.2) is 0 Å². The maximum Gasteiger partial charge on any atom is 0.229 e. The van der Waals surface area contributed by atoms with Crippen molar-refractivity contribution in [2.45, 2.75) is 6.92 Å². The number of para-hydroxylation sites is 1. The van der Waals surface area contributed by atoms with Gasteiger partial charge in [0, 0.05) is 70.5 Å². The van der Waals surface area contributed by atoms with E-state index in [1.165, 1.54) is 5.69 Å². The summed E-state index contributed by atoms with van der Waals surface area (Å²) >= 11 is 0. The van der Waals surface area contributed by atoms with Gasteiger partial charge in [-0.25, -0.2) is 0 Å². The third-order valence-corrected chi connectivity index (χ3v) is 6.31. The van der Waals surface area contributed by atoms with Crippen LogP contribution in [0.1, 0.15) is 6.92 Å². The number of hydrogen-bond acceptors (Lipinski definition) is 5. The van der Waals surface area contributed by atoms with E-state index in [2.05, 4.69) is 21.9 Å². The third kappa shape index (κ3) is 4.73. The van der Waals surface area contributed by atoms with E-state index in [-0.39, 0.29) is 23.7 Å². The Morgan fingerprint density at radius 3 is 2.28 bits per heavy atom. The first-order valence-electron chi connectivity index (χ1n) is 10.8. The van der Waals surface area contributed by atoms with Crippen LogP contribution in [-0.2, 0) is 14.3 Å². The van der Waals surface area contributed by atoms with E-state index in [4.69, 9.17) is 4.74 Å². The average molecular weight is 401 g/mol. The summed E-state index contributed by atoms with van der Waals surface area (Å²) in [7, 11) is 0. The van der Waals surface area contributed by atoms with Crippen LogP contribution >= 0.6 is 0 Å².